The fraction of sp³-hybridized carbons (Fsp3) is 0.375. The van der Waals surface area contributed by atoms with E-state index in [1.807, 2.05) is 30.3 Å². The Bertz CT molecular complexity index is 541. The minimum Gasteiger partial charge on any atom is -0.488 e. The van der Waals surface area contributed by atoms with E-state index in [0.29, 0.717) is 6.61 Å². The minimum atomic E-state index is 0.290. The Morgan fingerprint density at radius 2 is 2.05 bits per heavy atom. The maximum absolute atomic E-state index is 5.95. The van der Waals surface area contributed by atoms with Gasteiger partial charge in [0.2, 0.25) is 0 Å². The highest BCUT2D eigenvalue weighted by Gasteiger charge is 2.10. The molecule has 0 bridgehead atoms. The van der Waals surface area contributed by atoms with E-state index < -0.39 is 0 Å². The molecule has 0 saturated carbocycles. The van der Waals surface area contributed by atoms with E-state index in [4.69, 9.17) is 16.3 Å². The molecule has 2 nitrogen and oxygen atoms in total. The van der Waals surface area contributed by atoms with Crippen LogP contribution in [0.3, 0.4) is 0 Å². The van der Waals surface area contributed by atoms with Crippen LogP contribution in [0.15, 0.2) is 36.4 Å². The summed E-state index contributed by atoms with van der Waals surface area (Å²) in [5, 5.41) is 3.49. The van der Waals surface area contributed by atoms with E-state index in [1.54, 1.807) is 11.3 Å². The van der Waals surface area contributed by atoms with E-state index in [0.717, 1.165) is 27.9 Å². The Kier molecular flexibility index (Phi) is 5.89. The molecule has 0 amide bonds. The number of thiophene rings is 1. The van der Waals surface area contributed by atoms with Gasteiger partial charge in [-0.2, -0.15) is 0 Å². The Balaban J connectivity index is 2.03. The van der Waals surface area contributed by atoms with Crippen LogP contribution in [0.4, 0.5) is 0 Å². The Morgan fingerprint density at radius 1 is 1.25 bits per heavy atom. The molecular weight excluding hydrogens is 290 g/mol. The molecule has 1 aromatic heterocycles. The molecule has 1 aromatic carbocycles. The lowest BCUT2D eigenvalue weighted by atomic mass is 10.1. The molecule has 1 unspecified atom stereocenters. The van der Waals surface area contributed by atoms with Crippen LogP contribution in [0.1, 0.15) is 36.8 Å². The summed E-state index contributed by atoms with van der Waals surface area (Å²) >= 11 is 7.49. The molecule has 2 aromatic rings. The quantitative estimate of drug-likeness (QED) is 0.773. The number of benzene rings is 1. The molecule has 0 aliphatic rings. The van der Waals surface area contributed by atoms with Crippen molar-refractivity contribution in [1.82, 2.24) is 5.32 Å². The first-order valence-corrected chi connectivity index (χ1v) is 8.09. The van der Waals surface area contributed by atoms with Crippen LogP contribution in [-0.4, -0.2) is 6.54 Å². The predicted molar refractivity (Wildman–Crippen MR) is 86.8 cm³/mol. The summed E-state index contributed by atoms with van der Waals surface area (Å²) in [5.74, 6) is 0.938. The molecule has 1 heterocycles. The first-order chi connectivity index (χ1) is 9.70. The van der Waals surface area contributed by atoms with Crippen molar-refractivity contribution >= 4 is 22.9 Å². The number of ether oxygens (including phenoxy) is 1. The van der Waals surface area contributed by atoms with Gasteiger partial charge in [-0.25, -0.2) is 0 Å². The highest BCUT2D eigenvalue weighted by atomic mass is 35.5. The maximum atomic E-state index is 5.95. The van der Waals surface area contributed by atoms with Crippen molar-refractivity contribution in [2.45, 2.75) is 32.9 Å². The van der Waals surface area contributed by atoms with Crippen LogP contribution in [-0.2, 0) is 6.61 Å². The fourth-order valence-electron chi connectivity index (χ4n) is 2.02. The van der Waals surface area contributed by atoms with Crippen LogP contribution in [0.25, 0.3) is 0 Å². The van der Waals surface area contributed by atoms with Crippen molar-refractivity contribution in [3.63, 3.8) is 0 Å². The van der Waals surface area contributed by atoms with Gasteiger partial charge in [0.15, 0.2) is 0 Å². The van der Waals surface area contributed by atoms with Crippen LogP contribution >= 0.6 is 22.9 Å². The highest BCUT2D eigenvalue weighted by Crippen LogP contribution is 2.27. The SMILES string of the molecule is CCCNC(C)c1ccccc1OCc1ccc(Cl)s1. The Morgan fingerprint density at radius 3 is 2.75 bits per heavy atom. The summed E-state index contributed by atoms with van der Waals surface area (Å²) in [6.07, 6.45) is 1.13. The molecule has 108 valence electrons. The van der Waals surface area contributed by atoms with E-state index in [-0.39, 0.29) is 6.04 Å². The van der Waals surface area contributed by atoms with Crippen LogP contribution in [0, 0.1) is 0 Å². The zero-order valence-electron chi connectivity index (χ0n) is 11.9. The van der Waals surface area contributed by atoms with E-state index in [9.17, 15) is 0 Å². The Labute approximate surface area is 129 Å². The minimum absolute atomic E-state index is 0.290. The van der Waals surface area contributed by atoms with Gasteiger partial charge in [-0.05, 0) is 38.1 Å². The van der Waals surface area contributed by atoms with Gasteiger partial charge in [0.05, 0.1) is 4.34 Å². The van der Waals surface area contributed by atoms with Crippen molar-refractivity contribution in [2.75, 3.05) is 6.54 Å². The number of halogens is 1. The number of para-hydroxylation sites is 1. The van der Waals surface area contributed by atoms with E-state index in [1.165, 1.54) is 5.56 Å². The lowest BCUT2D eigenvalue weighted by Gasteiger charge is -2.17. The van der Waals surface area contributed by atoms with Gasteiger partial charge in [-0.3, -0.25) is 0 Å². The second kappa shape index (κ2) is 7.67. The summed E-state index contributed by atoms with van der Waals surface area (Å²) in [5.41, 5.74) is 1.20. The summed E-state index contributed by atoms with van der Waals surface area (Å²) < 4.78 is 6.75. The molecule has 1 atom stereocenters. The van der Waals surface area contributed by atoms with E-state index in [2.05, 4.69) is 25.2 Å². The molecule has 0 spiro atoms. The summed E-state index contributed by atoms with van der Waals surface area (Å²) in [7, 11) is 0. The molecule has 20 heavy (non-hydrogen) atoms. The number of nitrogens with one attached hydrogen (secondary N) is 1. The van der Waals surface area contributed by atoms with Crippen molar-refractivity contribution in [3.05, 3.63) is 51.2 Å². The van der Waals surface area contributed by atoms with Gasteiger partial charge >= 0.3 is 0 Å². The van der Waals surface area contributed by atoms with Crippen molar-refractivity contribution < 1.29 is 4.74 Å². The second-order valence-corrected chi connectivity index (χ2v) is 6.51. The van der Waals surface area contributed by atoms with Gasteiger partial charge in [0.1, 0.15) is 12.4 Å². The van der Waals surface area contributed by atoms with Gasteiger partial charge in [0.25, 0.3) is 0 Å². The van der Waals surface area contributed by atoms with Crippen molar-refractivity contribution in [3.8, 4) is 5.75 Å². The maximum Gasteiger partial charge on any atom is 0.124 e. The van der Waals surface area contributed by atoms with Crippen LogP contribution in [0.5, 0.6) is 5.75 Å². The molecule has 0 fully saturated rings. The van der Waals surface area contributed by atoms with E-state index >= 15 is 0 Å². The summed E-state index contributed by atoms with van der Waals surface area (Å²) in [4.78, 5) is 1.14. The normalized spacial score (nSPS) is 12.3. The Hall–Kier alpha value is -1.03. The number of hydrogen-bond donors (Lipinski definition) is 1. The van der Waals surface area contributed by atoms with Crippen molar-refractivity contribution in [1.29, 1.82) is 0 Å². The van der Waals surface area contributed by atoms with Gasteiger partial charge in [-0.1, -0.05) is 36.7 Å². The lowest BCUT2D eigenvalue weighted by Crippen LogP contribution is -2.19. The highest BCUT2D eigenvalue weighted by molar-refractivity contribution is 7.16. The molecular formula is C16H20ClNOS. The third-order valence-corrected chi connectivity index (χ3v) is 4.29. The zero-order chi connectivity index (χ0) is 14.4. The molecule has 4 heteroatoms. The third-order valence-electron chi connectivity index (χ3n) is 3.08. The zero-order valence-corrected chi connectivity index (χ0v) is 13.4. The first-order valence-electron chi connectivity index (χ1n) is 6.90. The summed E-state index contributed by atoms with van der Waals surface area (Å²) in [6.45, 7) is 5.91. The molecule has 2 rings (SSSR count). The monoisotopic (exact) mass is 309 g/mol. The van der Waals surface area contributed by atoms with Gasteiger partial charge in [0, 0.05) is 16.5 Å². The standard InChI is InChI=1S/C16H20ClNOS/c1-3-10-18-12(2)14-6-4-5-7-15(14)19-11-13-8-9-16(17)20-13/h4-9,12,18H,3,10-11H2,1-2H3. The predicted octanol–water partition coefficient (Wildman–Crippen LogP) is 5.04. The fourth-order valence-corrected chi connectivity index (χ4v) is 3.02. The van der Waals surface area contributed by atoms with Crippen molar-refractivity contribution in [2.24, 2.45) is 0 Å². The largest absolute Gasteiger partial charge is 0.488 e. The van der Waals surface area contributed by atoms with Gasteiger partial charge in [-0.15, -0.1) is 11.3 Å². The molecule has 0 saturated heterocycles. The molecule has 0 aliphatic heterocycles. The average molecular weight is 310 g/mol. The van der Waals surface area contributed by atoms with Crippen LogP contribution < -0.4 is 10.1 Å². The number of rotatable bonds is 7. The lowest BCUT2D eigenvalue weighted by molar-refractivity contribution is 0.303. The third kappa shape index (κ3) is 4.23. The second-order valence-electron chi connectivity index (χ2n) is 4.71. The molecule has 0 radical (unpaired) electrons. The smallest absolute Gasteiger partial charge is 0.124 e. The molecule has 1 N–H and O–H groups in total. The van der Waals surface area contributed by atoms with Crippen LogP contribution in [0.2, 0.25) is 4.34 Å². The topological polar surface area (TPSA) is 21.3 Å². The first kappa shape index (κ1) is 15.4. The number of hydrogen-bond acceptors (Lipinski definition) is 3. The average Bonchev–Trinajstić information content (AvgIpc) is 2.88. The summed E-state index contributed by atoms with van der Waals surface area (Å²) in [6, 6.07) is 12.4. The molecule has 0 aliphatic carbocycles. The van der Waals surface area contributed by atoms with Gasteiger partial charge < -0.3 is 10.1 Å².